The number of pyridine rings is 1. The molecule has 0 atom stereocenters. The van der Waals surface area contributed by atoms with E-state index in [0.29, 0.717) is 25.2 Å². The van der Waals surface area contributed by atoms with Gasteiger partial charge in [0.2, 0.25) is 11.8 Å². The Morgan fingerprint density at radius 2 is 2.06 bits per heavy atom. The summed E-state index contributed by atoms with van der Waals surface area (Å²) >= 11 is 0. The molecule has 0 bridgehead atoms. The van der Waals surface area contributed by atoms with Crippen LogP contribution >= 0.6 is 7.37 Å². The number of likely N-dealkylation sites (N-methyl/N-ethyl adjacent to an activating group) is 1. The first-order chi connectivity index (χ1) is 16.1. The molecule has 2 amide bonds. The van der Waals surface area contributed by atoms with E-state index in [4.69, 9.17) is 8.94 Å². The van der Waals surface area contributed by atoms with Crippen LogP contribution in [0.15, 0.2) is 47.0 Å². The predicted octanol–water partition coefficient (Wildman–Crippen LogP) is 4.60. The van der Waals surface area contributed by atoms with Crippen LogP contribution in [0.4, 0.5) is 5.82 Å². The topological polar surface area (TPSA) is 93.0 Å². The number of carbonyl (C=O) groups excluding carboxylic acids is 2. The number of hydrogen-bond acceptors (Lipinski definition) is 6. The summed E-state index contributed by atoms with van der Waals surface area (Å²) < 4.78 is 23.2. The Bertz CT molecular complexity index is 1320. The third-order valence-electron chi connectivity index (χ3n) is 5.74. The van der Waals surface area contributed by atoms with Crippen LogP contribution in [0, 0.1) is 6.92 Å². The maximum atomic E-state index is 12.7. The van der Waals surface area contributed by atoms with Gasteiger partial charge in [-0.05, 0) is 42.7 Å². The Hall–Kier alpha value is -3.22. The monoisotopic (exact) mass is 481 g/mol. The van der Waals surface area contributed by atoms with Gasteiger partial charge in [-0.2, -0.15) is 0 Å². The SMILES string of the molecule is Cc1c(CN(C)C(=O)/C=C/c2cnc3c(c2)CCC(=O)N3COP(C)(C)=O)oc2ccccc12. The van der Waals surface area contributed by atoms with Gasteiger partial charge < -0.3 is 13.8 Å². The summed E-state index contributed by atoms with van der Waals surface area (Å²) in [6.45, 7) is 5.28. The van der Waals surface area contributed by atoms with Gasteiger partial charge in [0.05, 0.1) is 6.54 Å². The smallest absolute Gasteiger partial charge is 0.246 e. The molecule has 1 aliphatic heterocycles. The number of carbonyl (C=O) groups is 2. The molecule has 3 aromatic rings. The largest absolute Gasteiger partial charge is 0.459 e. The van der Waals surface area contributed by atoms with Crippen molar-refractivity contribution < 1.29 is 23.1 Å². The zero-order chi connectivity index (χ0) is 24.5. The molecule has 9 heteroatoms. The number of furan rings is 1. The van der Waals surface area contributed by atoms with Gasteiger partial charge in [0.25, 0.3) is 0 Å². The first-order valence-electron chi connectivity index (χ1n) is 11.0. The Labute approximate surface area is 198 Å². The number of aromatic nitrogens is 1. The lowest BCUT2D eigenvalue weighted by molar-refractivity contribution is -0.125. The predicted molar refractivity (Wildman–Crippen MR) is 132 cm³/mol. The zero-order valence-electron chi connectivity index (χ0n) is 19.8. The number of hydrogen-bond donors (Lipinski definition) is 0. The fourth-order valence-corrected chi connectivity index (χ4v) is 4.22. The van der Waals surface area contributed by atoms with Gasteiger partial charge in [0, 0.05) is 50.0 Å². The fourth-order valence-electron chi connectivity index (χ4n) is 3.83. The zero-order valence-corrected chi connectivity index (χ0v) is 20.7. The summed E-state index contributed by atoms with van der Waals surface area (Å²) in [6, 6.07) is 9.72. The molecule has 0 unspecified atom stereocenters. The van der Waals surface area contributed by atoms with E-state index in [9.17, 15) is 14.2 Å². The highest BCUT2D eigenvalue weighted by Gasteiger charge is 2.27. The van der Waals surface area contributed by atoms with E-state index in [1.165, 1.54) is 24.3 Å². The molecule has 1 aromatic carbocycles. The van der Waals surface area contributed by atoms with Crippen molar-refractivity contribution in [2.24, 2.45) is 0 Å². The van der Waals surface area contributed by atoms with Crippen LogP contribution in [-0.2, 0) is 31.6 Å². The Morgan fingerprint density at radius 3 is 2.79 bits per heavy atom. The maximum absolute atomic E-state index is 12.7. The van der Waals surface area contributed by atoms with Crippen LogP contribution in [0.5, 0.6) is 0 Å². The first kappa shape index (κ1) is 23.9. The number of rotatable bonds is 7. The Kier molecular flexibility index (Phi) is 6.73. The Morgan fingerprint density at radius 1 is 1.29 bits per heavy atom. The van der Waals surface area contributed by atoms with Gasteiger partial charge in [0.1, 0.15) is 23.9 Å². The lowest BCUT2D eigenvalue weighted by Gasteiger charge is -2.28. The molecule has 178 valence electrons. The molecule has 2 aromatic heterocycles. The highest BCUT2D eigenvalue weighted by atomic mass is 31.2. The van der Waals surface area contributed by atoms with E-state index >= 15 is 0 Å². The molecule has 0 fully saturated rings. The van der Waals surface area contributed by atoms with Crippen molar-refractivity contribution in [3.63, 3.8) is 0 Å². The summed E-state index contributed by atoms with van der Waals surface area (Å²) in [5.41, 5.74) is 3.48. The molecule has 8 nitrogen and oxygen atoms in total. The van der Waals surface area contributed by atoms with Crippen molar-refractivity contribution in [1.82, 2.24) is 9.88 Å². The molecule has 1 aliphatic rings. The molecule has 0 saturated carbocycles. The third kappa shape index (κ3) is 5.29. The van der Waals surface area contributed by atoms with E-state index in [1.807, 2.05) is 37.3 Å². The van der Waals surface area contributed by atoms with Crippen LogP contribution < -0.4 is 4.90 Å². The number of para-hydroxylation sites is 1. The molecular weight excluding hydrogens is 453 g/mol. The van der Waals surface area contributed by atoms with E-state index in [2.05, 4.69) is 4.98 Å². The van der Waals surface area contributed by atoms with Crippen LogP contribution in [0.2, 0.25) is 0 Å². The molecule has 0 N–H and O–H groups in total. The second-order valence-electron chi connectivity index (χ2n) is 8.76. The molecule has 0 spiro atoms. The van der Waals surface area contributed by atoms with Crippen LogP contribution in [0.3, 0.4) is 0 Å². The standard InChI is InChI=1S/C25H28N3O5P/c1-17-20-7-5-6-8-21(20)33-22(17)15-27(2)23(29)11-9-18-13-19-10-12-24(30)28(25(19)26-14-18)16-32-34(3,4)31/h5-9,11,13-14H,10,12,15-16H2,1-4H3/b11-9+. The van der Waals surface area contributed by atoms with Gasteiger partial charge in [0.15, 0.2) is 7.37 Å². The van der Waals surface area contributed by atoms with E-state index < -0.39 is 7.37 Å². The van der Waals surface area contributed by atoms with Crippen molar-refractivity contribution in [2.75, 3.05) is 32.0 Å². The van der Waals surface area contributed by atoms with E-state index in [-0.39, 0.29) is 18.5 Å². The van der Waals surface area contributed by atoms with Gasteiger partial charge in [-0.3, -0.25) is 19.1 Å². The first-order valence-corrected chi connectivity index (χ1v) is 13.5. The summed E-state index contributed by atoms with van der Waals surface area (Å²) in [5, 5.41) is 1.05. The van der Waals surface area contributed by atoms with Crippen molar-refractivity contribution in [3.05, 3.63) is 65.1 Å². The number of benzene rings is 1. The summed E-state index contributed by atoms with van der Waals surface area (Å²) in [5.74, 6) is 0.987. The average molecular weight is 481 g/mol. The minimum Gasteiger partial charge on any atom is -0.459 e. The number of nitrogens with zero attached hydrogens (tertiary/aromatic N) is 3. The second-order valence-corrected chi connectivity index (χ2v) is 11.5. The fraction of sp³-hybridized carbons (Fsp3) is 0.320. The molecule has 0 saturated heterocycles. The van der Waals surface area contributed by atoms with E-state index in [0.717, 1.165) is 33.4 Å². The minimum atomic E-state index is -2.73. The molecule has 0 radical (unpaired) electrons. The third-order valence-corrected chi connectivity index (χ3v) is 6.48. The van der Waals surface area contributed by atoms with Gasteiger partial charge in [-0.1, -0.05) is 18.2 Å². The number of fused-ring (bicyclic) bond motifs is 2. The minimum absolute atomic E-state index is 0.0945. The molecule has 3 heterocycles. The molecular formula is C25H28N3O5P. The number of anilines is 1. The van der Waals surface area contributed by atoms with Gasteiger partial charge >= 0.3 is 0 Å². The highest BCUT2D eigenvalue weighted by molar-refractivity contribution is 7.57. The summed E-state index contributed by atoms with van der Waals surface area (Å²) in [6.07, 6.45) is 5.69. The molecule has 34 heavy (non-hydrogen) atoms. The van der Waals surface area contributed by atoms with Crippen molar-refractivity contribution in [2.45, 2.75) is 26.3 Å². The molecule has 4 rings (SSSR count). The number of aryl methyl sites for hydroxylation is 2. The quantitative estimate of drug-likeness (QED) is 0.362. The maximum Gasteiger partial charge on any atom is 0.246 e. The van der Waals surface area contributed by atoms with Crippen LogP contribution in [0.1, 0.15) is 28.9 Å². The van der Waals surface area contributed by atoms with Crippen molar-refractivity contribution in [3.8, 4) is 0 Å². The lowest BCUT2D eigenvalue weighted by atomic mass is 10.0. The van der Waals surface area contributed by atoms with E-state index in [1.54, 1.807) is 24.2 Å². The summed E-state index contributed by atoms with van der Waals surface area (Å²) in [4.78, 5) is 32.5. The van der Waals surface area contributed by atoms with Gasteiger partial charge in [-0.25, -0.2) is 4.98 Å². The van der Waals surface area contributed by atoms with Crippen LogP contribution in [-0.4, -0.2) is 48.8 Å². The number of amides is 2. The normalized spacial score (nSPS) is 14.1. The van der Waals surface area contributed by atoms with Crippen LogP contribution in [0.25, 0.3) is 17.0 Å². The average Bonchev–Trinajstić information content (AvgIpc) is 3.11. The second kappa shape index (κ2) is 9.57. The summed E-state index contributed by atoms with van der Waals surface area (Å²) in [7, 11) is -1.00. The van der Waals surface area contributed by atoms with Gasteiger partial charge in [-0.15, -0.1) is 0 Å². The Balaban J connectivity index is 1.45. The lowest BCUT2D eigenvalue weighted by Crippen LogP contribution is -2.37. The highest BCUT2D eigenvalue weighted by Crippen LogP contribution is 2.38. The molecule has 0 aliphatic carbocycles. The van der Waals surface area contributed by atoms with Crippen molar-refractivity contribution in [1.29, 1.82) is 0 Å². The van der Waals surface area contributed by atoms with Crippen molar-refractivity contribution >= 4 is 42.0 Å².